The largest absolute Gasteiger partial charge is 0.350 e. The molecule has 2 amide bonds. The number of aryl methyl sites for hydroxylation is 1. The van der Waals surface area contributed by atoms with Gasteiger partial charge in [-0.05, 0) is 50.5 Å². The van der Waals surface area contributed by atoms with E-state index in [1.807, 2.05) is 100 Å². The summed E-state index contributed by atoms with van der Waals surface area (Å²) < 4.78 is 0. The Morgan fingerprint density at radius 3 is 2.12 bits per heavy atom. The molecule has 0 aliphatic heterocycles. The number of nitrogens with one attached hydrogen (secondary N) is 1. The fourth-order valence-electron chi connectivity index (χ4n) is 3.80. The number of hydrogen-bond acceptors (Lipinski definition) is 2. The molecular formula is C29H33ClN2O2. The molecular weight excluding hydrogens is 444 g/mol. The molecule has 3 aromatic rings. The summed E-state index contributed by atoms with van der Waals surface area (Å²) in [5, 5.41) is 3.66. The average molecular weight is 477 g/mol. The highest BCUT2D eigenvalue weighted by Gasteiger charge is 2.32. The van der Waals surface area contributed by atoms with Crippen LogP contribution in [0, 0.1) is 6.92 Å². The van der Waals surface area contributed by atoms with Crippen molar-refractivity contribution in [3.63, 3.8) is 0 Å². The van der Waals surface area contributed by atoms with Gasteiger partial charge in [0.1, 0.15) is 6.04 Å². The number of rotatable bonds is 8. The second-order valence-electron chi connectivity index (χ2n) is 9.72. The van der Waals surface area contributed by atoms with Crippen LogP contribution in [0.4, 0.5) is 0 Å². The summed E-state index contributed by atoms with van der Waals surface area (Å²) in [6, 6.07) is 24.5. The number of amides is 2. The zero-order valence-corrected chi connectivity index (χ0v) is 21.1. The maximum absolute atomic E-state index is 13.7. The van der Waals surface area contributed by atoms with Crippen LogP contribution in [0.2, 0.25) is 5.02 Å². The van der Waals surface area contributed by atoms with Gasteiger partial charge in [-0.15, -0.1) is 0 Å². The van der Waals surface area contributed by atoms with Gasteiger partial charge in [0.25, 0.3) is 0 Å². The van der Waals surface area contributed by atoms with Gasteiger partial charge in [-0.25, -0.2) is 0 Å². The fourth-order valence-corrected chi connectivity index (χ4v) is 3.99. The Kier molecular flexibility index (Phi) is 8.51. The first-order valence-electron chi connectivity index (χ1n) is 11.6. The topological polar surface area (TPSA) is 49.4 Å². The Morgan fingerprint density at radius 2 is 1.50 bits per heavy atom. The molecule has 1 atom stereocenters. The van der Waals surface area contributed by atoms with Crippen LogP contribution in [-0.2, 0) is 29.0 Å². The summed E-state index contributed by atoms with van der Waals surface area (Å²) in [4.78, 5) is 28.9. The van der Waals surface area contributed by atoms with Crippen LogP contribution >= 0.6 is 11.6 Å². The van der Waals surface area contributed by atoms with Gasteiger partial charge in [0, 0.05) is 23.5 Å². The molecule has 0 radical (unpaired) electrons. The fraction of sp³-hybridized carbons (Fsp3) is 0.310. The Bertz CT molecular complexity index is 1100. The number of nitrogens with zero attached hydrogens (tertiary/aromatic N) is 1. The smallest absolute Gasteiger partial charge is 0.243 e. The van der Waals surface area contributed by atoms with Gasteiger partial charge in [-0.2, -0.15) is 0 Å². The molecule has 178 valence electrons. The number of carbonyl (C=O) groups is 2. The van der Waals surface area contributed by atoms with Gasteiger partial charge in [0.2, 0.25) is 11.8 Å². The van der Waals surface area contributed by atoms with Gasteiger partial charge in [-0.1, -0.05) is 90.0 Å². The van der Waals surface area contributed by atoms with E-state index < -0.39 is 11.6 Å². The number of halogens is 1. The van der Waals surface area contributed by atoms with Gasteiger partial charge in [0.15, 0.2) is 0 Å². The summed E-state index contributed by atoms with van der Waals surface area (Å²) in [5.41, 5.74) is 3.42. The second-order valence-corrected chi connectivity index (χ2v) is 10.1. The highest BCUT2D eigenvalue weighted by atomic mass is 35.5. The summed E-state index contributed by atoms with van der Waals surface area (Å²) in [6.45, 7) is 8.09. The molecule has 0 spiro atoms. The normalized spacial score (nSPS) is 12.1. The minimum atomic E-state index is -0.684. The van der Waals surface area contributed by atoms with Crippen molar-refractivity contribution >= 4 is 23.4 Å². The highest BCUT2D eigenvalue weighted by molar-refractivity contribution is 6.31. The standard InChI is InChI=1S/C29H33ClN2O2/c1-21-14-16-23(17-15-21)19-27(33)32(20-24-12-8-9-13-25(24)30)26(28(34)31-29(2,3)4)18-22-10-6-5-7-11-22/h5-17,26H,18-20H2,1-4H3,(H,31,34)/t26-/m0/s1. The van der Waals surface area contributed by atoms with E-state index in [2.05, 4.69) is 5.32 Å². The molecule has 0 unspecified atom stereocenters. The molecule has 0 aromatic heterocycles. The lowest BCUT2D eigenvalue weighted by molar-refractivity contribution is -0.141. The molecule has 5 heteroatoms. The van der Waals surface area contributed by atoms with Crippen molar-refractivity contribution in [2.45, 2.75) is 58.7 Å². The van der Waals surface area contributed by atoms with Crippen LogP contribution in [0.25, 0.3) is 0 Å². The number of carbonyl (C=O) groups excluding carboxylic acids is 2. The first-order chi connectivity index (χ1) is 16.1. The summed E-state index contributed by atoms with van der Waals surface area (Å²) in [5.74, 6) is -0.297. The third kappa shape index (κ3) is 7.46. The van der Waals surface area contributed by atoms with Crippen LogP contribution < -0.4 is 5.32 Å². The zero-order valence-electron chi connectivity index (χ0n) is 20.3. The second kappa shape index (κ2) is 11.3. The van der Waals surface area contributed by atoms with E-state index in [1.54, 1.807) is 11.0 Å². The predicted octanol–water partition coefficient (Wildman–Crippen LogP) is 5.75. The Labute approximate surface area is 207 Å². The molecule has 4 nitrogen and oxygen atoms in total. The highest BCUT2D eigenvalue weighted by Crippen LogP contribution is 2.22. The minimum absolute atomic E-state index is 0.117. The van der Waals surface area contributed by atoms with Crippen LogP contribution in [0.3, 0.4) is 0 Å². The zero-order chi connectivity index (χ0) is 24.7. The molecule has 0 aliphatic carbocycles. The van der Waals surface area contributed by atoms with E-state index in [4.69, 9.17) is 11.6 Å². The molecule has 3 aromatic carbocycles. The molecule has 3 rings (SSSR count). The third-order valence-corrected chi connectivity index (χ3v) is 5.91. The number of benzene rings is 3. The summed E-state index contributed by atoms with van der Waals surface area (Å²) in [6.07, 6.45) is 0.617. The van der Waals surface area contributed by atoms with E-state index in [0.717, 1.165) is 22.3 Å². The lowest BCUT2D eigenvalue weighted by Gasteiger charge is -2.34. The molecule has 0 saturated carbocycles. The maximum atomic E-state index is 13.7. The number of hydrogen-bond donors (Lipinski definition) is 1. The van der Waals surface area contributed by atoms with Crippen molar-refractivity contribution in [1.82, 2.24) is 10.2 Å². The van der Waals surface area contributed by atoms with Crippen molar-refractivity contribution in [3.05, 3.63) is 106 Å². The van der Waals surface area contributed by atoms with Crippen LogP contribution in [-0.4, -0.2) is 28.3 Å². The molecule has 0 heterocycles. The van der Waals surface area contributed by atoms with E-state index in [1.165, 1.54) is 0 Å². The van der Waals surface area contributed by atoms with Crippen LogP contribution in [0.1, 0.15) is 43.0 Å². The van der Waals surface area contributed by atoms with Crippen molar-refractivity contribution in [2.75, 3.05) is 0 Å². The summed E-state index contributed by atoms with van der Waals surface area (Å²) in [7, 11) is 0. The van der Waals surface area contributed by atoms with Gasteiger partial charge in [0.05, 0.1) is 6.42 Å². The Hall–Kier alpha value is -3.11. The Morgan fingerprint density at radius 1 is 0.882 bits per heavy atom. The van der Waals surface area contributed by atoms with Crippen LogP contribution in [0.5, 0.6) is 0 Å². The lowest BCUT2D eigenvalue weighted by Crippen LogP contribution is -2.54. The lowest BCUT2D eigenvalue weighted by atomic mass is 9.99. The van der Waals surface area contributed by atoms with Crippen molar-refractivity contribution in [1.29, 1.82) is 0 Å². The van der Waals surface area contributed by atoms with E-state index in [0.29, 0.717) is 11.4 Å². The van der Waals surface area contributed by atoms with E-state index >= 15 is 0 Å². The first kappa shape index (κ1) is 25.5. The molecule has 0 fully saturated rings. The quantitative estimate of drug-likeness (QED) is 0.450. The third-order valence-electron chi connectivity index (χ3n) is 5.54. The molecule has 0 bridgehead atoms. The molecule has 1 N–H and O–H groups in total. The minimum Gasteiger partial charge on any atom is -0.350 e. The van der Waals surface area contributed by atoms with Crippen molar-refractivity contribution < 1.29 is 9.59 Å². The van der Waals surface area contributed by atoms with E-state index in [-0.39, 0.29) is 24.8 Å². The van der Waals surface area contributed by atoms with E-state index in [9.17, 15) is 9.59 Å². The molecule has 34 heavy (non-hydrogen) atoms. The SMILES string of the molecule is Cc1ccc(CC(=O)N(Cc2ccccc2Cl)[C@@H](Cc2ccccc2)C(=O)NC(C)(C)C)cc1. The van der Waals surface area contributed by atoms with Gasteiger partial charge in [-0.3, -0.25) is 9.59 Å². The average Bonchev–Trinajstić information content (AvgIpc) is 2.78. The van der Waals surface area contributed by atoms with Gasteiger partial charge < -0.3 is 10.2 Å². The van der Waals surface area contributed by atoms with Crippen molar-refractivity contribution in [3.8, 4) is 0 Å². The van der Waals surface area contributed by atoms with Crippen molar-refractivity contribution in [2.24, 2.45) is 0 Å². The predicted molar refractivity (Wildman–Crippen MR) is 139 cm³/mol. The maximum Gasteiger partial charge on any atom is 0.243 e. The van der Waals surface area contributed by atoms with Gasteiger partial charge >= 0.3 is 0 Å². The van der Waals surface area contributed by atoms with Crippen LogP contribution in [0.15, 0.2) is 78.9 Å². The molecule has 0 saturated heterocycles. The summed E-state index contributed by atoms with van der Waals surface area (Å²) >= 11 is 6.46. The monoisotopic (exact) mass is 476 g/mol. The Balaban J connectivity index is 1.99. The molecule has 0 aliphatic rings. The first-order valence-corrected chi connectivity index (χ1v) is 11.9.